The van der Waals surface area contributed by atoms with Crippen molar-refractivity contribution < 1.29 is 5.79 Å². The van der Waals surface area contributed by atoms with Gasteiger partial charge in [0.25, 0.3) is 0 Å². The predicted molar refractivity (Wildman–Crippen MR) is 147 cm³/mol. The molecular formula is C33H29NO. The fourth-order valence-corrected chi connectivity index (χ4v) is 5.82. The van der Waals surface area contributed by atoms with E-state index in [0.717, 1.165) is 64.4 Å². The lowest BCUT2D eigenvalue weighted by Gasteiger charge is -2.34. The van der Waals surface area contributed by atoms with E-state index in [9.17, 15) is 1.37 Å². The third kappa shape index (κ3) is 3.43. The van der Waals surface area contributed by atoms with Crippen LogP contribution in [0.3, 0.4) is 0 Å². The number of hydrogen-bond donors (Lipinski definition) is 0. The SMILES string of the molecule is [2H]C1(c2ccnc(-c3cccc4c3oc3cc5c(ccc6ccccc65)cc34)c2)CCC(C)(C)CC1. The minimum absolute atomic E-state index is 0.329. The number of hydrogen-bond acceptors (Lipinski definition) is 2. The summed E-state index contributed by atoms with van der Waals surface area (Å²) < 4.78 is 15.8. The largest absolute Gasteiger partial charge is 0.455 e. The lowest BCUT2D eigenvalue weighted by atomic mass is 9.71. The standard InChI is InChI=1S/C33H29NO/c1-33(2)15-12-21(13-16-33)23-14-17-34-30(19-23)27-9-5-8-26-29-18-24-11-10-22-6-3-4-7-25(22)28(24)20-31(29)35-32(26)27/h3-11,14,17-21H,12-13,15-16H2,1-2H3/i21D. The van der Waals surface area contributed by atoms with Crippen LogP contribution in [-0.2, 0) is 0 Å². The van der Waals surface area contributed by atoms with Crippen LogP contribution in [0.2, 0.25) is 0 Å². The van der Waals surface area contributed by atoms with Crippen molar-refractivity contribution in [3.8, 4) is 11.3 Å². The van der Waals surface area contributed by atoms with Gasteiger partial charge in [0, 0.05) is 23.9 Å². The van der Waals surface area contributed by atoms with Crippen molar-refractivity contribution in [1.29, 1.82) is 0 Å². The smallest absolute Gasteiger partial charge is 0.144 e. The highest BCUT2D eigenvalue weighted by Gasteiger charge is 2.28. The number of aromatic nitrogens is 1. The molecule has 1 fully saturated rings. The molecule has 7 rings (SSSR count). The number of benzene rings is 4. The zero-order valence-corrected chi connectivity index (χ0v) is 20.3. The van der Waals surface area contributed by atoms with Crippen molar-refractivity contribution in [2.75, 3.05) is 0 Å². The van der Waals surface area contributed by atoms with Gasteiger partial charge in [-0.1, -0.05) is 62.4 Å². The van der Waals surface area contributed by atoms with Crippen molar-refractivity contribution in [2.24, 2.45) is 5.41 Å². The minimum Gasteiger partial charge on any atom is -0.455 e. The molecule has 0 spiro atoms. The molecule has 2 heterocycles. The maximum Gasteiger partial charge on any atom is 0.144 e. The molecule has 2 nitrogen and oxygen atoms in total. The lowest BCUT2D eigenvalue weighted by Crippen LogP contribution is -2.20. The predicted octanol–water partition coefficient (Wildman–Crippen LogP) is 9.64. The zero-order chi connectivity index (χ0) is 24.5. The second-order valence-corrected chi connectivity index (χ2v) is 10.8. The van der Waals surface area contributed by atoms with Crippen LogP contribution in [-0.4, -0.2) is 4.98 Å². The van der Waals surface area contributed by atoms with Crippen LogP contribution < -0.4 is 0 Å². The van der Waals surface area contributed by atoms with E-state index < -0.39 is 5.89 Å². The molecule has 2 heteroatoms. The fraction of sp³-hybridized carbons (Fsp3) is 0.242. The Morgan fingerprint density at radius 2 is 1.60 bits per heavy atom. The Labute approximate surface area is 207 Å². The molecule has 2 aromatic heterocycles. The average Bonchev–Trinajstić information content (AvgIpc) is 3.27. The first-order valence-corrected chi connectivity index (χ1v) is 12.6. The molecule has 0 aliphatic heterocycles. The summed E-state index contributed by atoms with van der Waals surface area (Å²) >= 11 is 0. The Bertz CT molecular complexity index is 1780. The van der Waals surface area contributed by atoms with Gasteiger partial charge in [0.1, 0.15) is 11.2 Å². The molecule has 1 aliphatic rings. The highest BCUT2D eigenvalue weighted by Crippen LogP contribution is 2.43. The Balaban J connectivity index is 1.39. The van der Waals surface area contributed by atoms with Crippen molar-refractivity contribution in [1.82, 2.24) is 4.98 Å². The summed E-state index contributed by atoms with van der Waals surface area (Å²) in [4.78, 5) is 4.74. The van der Waals surface area contributed by atoms with E-state index in [2.05, 4.69) is 86.6 Å². The number of para-hydroxylation sites is 1. The summed E-state index contributed by atoms with van der Waals surface area (Å²) in [6, 6.07) is 27.8. The summed E-state index contributed by atoms with van der Waals surface area (Å²) in [5, 5.41) is 7.12. The van der Waals surface area contributed by atoms with E-state index in [-0.39, 0.29) is 0 Å². The van der Waals surface area contributed by atoms with Gasteiger partial charge in [0.05, 0.1) is 5.69 Å². The Morgan fingerprint density at radius 3 is 2.49 bits per heavy atom. The maximum atomic E-state index is 9.25. The molecule has 0 bridgehead atoms. The lowest BCUT2D eigenvalue weighted by molar-refractivity contribution is 0.224. The molecule has 0 atom stereocenters. The first-order chi connectivity index (χ1) is 17.4. The normalized spacial score (nSPS) is 17.8. The van der Waals surface area contributed by atoms with Gasteiger partial charge >= 0.3 is 0 Å². The average molecular weight is 457 g/mol. The molecule has 1 aliphatic carbocycles. The first-order valence-electron chi connectivity index (χ1n) is 13.1. The first kappa shape index (κ1) is 19.6. The fourth-order valence-electron chi connectivity index (χ4n) is 5.82. The van der Waals surface area contributed by atoms with Crippen LogP contribution in [0.4, 0.5) is 0 Å². The molecule has 1 saturated carbocycles. The van der Waals surface area contributed by atoms with Crippen LogP contribution in [0.25, 0.3) is 54.7 Å². The second kappa shape index (κ2) is 7.68. The molecule has 0 N–H and O–H groups in total. The van der Waals surface area contributed by atoms with Gasteiger partial charge in [-0.15, -0.1) is 0 Å². The van der Waals surface area contributed by atoms with Gasteiger partial charge in [-0.2, -0.15) is 0 Å². The quantitative estimate of drug-likeness (QED) is 0.242. The zero-order valence-electron chi connectivity index (χ0n) is 21.3. The van der Waals surface area contributed by atoms with Crippen molar-refractivity contribution in [3.05, 3.63) is 90.6 Å². The topological polar surface area (TPSA) is 26.0 Å². The number of rotatable bonds is 2. The molecule has 172 valence electrons. The third-order valence-corrected chi connectivity index (χ3v) is 8.01. The van der Waals surface area contributed by atoms with E-state index >= 15 is 0 Å². The van der Waals surface area contributed by atoms with Gasteiger partial charge in [-0.05, 0) is 94.4 Å². The molecule has 6 aromatic rings. The third-order valence-electron chi connectivity index (χ3n) is 8.01. The van der Waals surface area contributed by atoms with Gasteiger partial charge < -0.3 is 4.42 Å². The van der Waals surface area contributed by atoms with Gasteiger partial charge in [0.2, 0.25) is 0 Å². The summed E-state index contributed by atoms with van der Waals surface area (Å²) in [7, 11) is 0. The van der Waals surface area contributed by atoms with E-state index in [0.29, 0.717) is 5.41 Å². The number of fused-ring (bicyclic) bond motifs is 6. The molecule has 35 heavy (non-hydrogen) atoms. The minimum atomic E-state index is -0.548. The summed E-state index contributed by atoms with van der Waals surface area (Å²) in [6.07, 6.45) is 5.80. The second-order valence-electron chi connectivity index (χ2n) is 10.8. The van der Waals surface area contributed by atoms with E-state index in [4.69, 9.17) is 9.40 Å². The van der Waals surface area contributed by atoms with Crippen LogP contribution in [0.5, 0.6) is 0 Å². The Hall–Kier alpha value is -3.65. The molecule has 4 aromatic carbocycles. The van der Waals surface area contributed by atoms with Crippen LogP contribution in [0.15, 0.2) is 89.5 Å². The summed E-state index contributed by atoms with van der Waals surface area (Å²) in [6.45, 7) is 4.64. The summed E-state index contributed by atoms with van der Waals surface area (Å²) in [5.74, 6) is -0.548. The van der Waals surface area contributed by atoms with E-state index in [1.165, 1.54) is 21.5 Å². The number of pyridine rings is 1. The number of nitrogens with zero attached hydrogens (tertiary/aromatic N) is 1. The molecule has 0 saturated heterocycles. The maximum absolute atomic E-state index is 9.25. The molecule has 0 amide bonds. The van der Waals surface area contributed by atoms with Crippen LogP contribution in [0, 0.1) is 5.41 Å². The van der Waals surface area contributed by atoms with Crippen LogP contribution >= 0.6 is 0 Å². The van der Waals surface area contributed by atoms with E-state index in [1.807, 2.05) is 12.3 Å². The monoisotopic (exact) mass is 456 g/mol. The molecule has 0 radical (unpaired) electrons. The highest BCUT2D eigenvalue weighted by molar-refractivity contribution is 6.17. The molecule has 0 unspecified atom stereocenters. The Kier molecular flexibility index (Phi) is 4.31. The number of furan rings is 1. The highest BCUT2D eigenvalue weighted by atomic mass is 16.3. The van der Waals surface area contributed by atoms with Crippen molar-refractivity contribution in [3.63, 3.8) is 0 Å². The van der Waals surface area contributed by atoms with E-state index in [1.54, 1.807) is 0 Å². The summed E-state index contributed by atoms with van der Waals surface area (Å²) in [5.41, 5.74) is 5.01. The Morgan fingerprint density at radius 1 is 0.800 bits per heavy atom. The van der Waals surface area contributed by atoms with Crippen molar-refractivity contribution in [2.45, 2.75) is 45.4 Å². The van der Waals surface area contributed by atoms with Crippen LogP contribution in [0.1, 0.15) is 52.4 Å². The van der Waals surface area contributed by atoms with Gasteiger partial charge in [-0.25, -0.2) is 0 Å². The van der Waals surface area contributed by atoms with Crippen molar-refractivity contribution >= 4 is 43.5 Å². The van der Waals surface area contributed by atoms with Gasteiger partial charge in [-0.3, -0.25) is 4.98 Å². The molecular weight excluding hydrogens is 426 g/mol. The van der Waals surface area contributed by atoms with Gasteiger partial charge in [0.15, 0.2) is 0 Å².